The highest BCUT2D eigenvalue weighted by molar-refractivity contribution is 5.88. The van der Waals surface area contributed by atoms with Crippen molar-refractivity contribution in [3.63, 3.8) is 0 Å². The zero-order valence-corrected chi connectivity index (χ0v) is 13.7. The van der Waals surface area contributed by atoms with Crippen LogP contribution in [0.15, 0.2) is 36.4 Å². The van der Waals surface area contributed by atoms with E-state index in [1.807, 2.05) is 12.1 Å². The van der Waals surface area contributed by atoms with E-state index in [-0.39, 0.29) is 16.7 Å². The number of rotatable bonds is 2. The highest BCUT2D eigenvalue weighted by Crippen LogP contribution is 2.37. The number of nitrogens with one attached hydrogen (secondary N) is 2. The van der Waals surface area contributed by atoms with Crippen LogP contribution in [0.2, 0.25) is 0 Å². The van der Waals surface area contributed by atoms with Gasteiger partial charge in [0.05, 0.1) is 16.5 Å². The highest BCUT2D eigenvalue weighted by Gasteiger charge is 2.30. The first-order valence-corrected chi connectivity index (χ1v) is 8.14. The van der Waals surface area contributed by atoms with Crippen LogP contribution >= 0.6 is 0 Å². The monoisotopic (exact) mass is 321 g/mol. The SMILES string of the molecule is Cc1cc(C)c2[nH]c3c(c2c1)CCNC3c1ccccc1[N+](=O)[O-]. The Morgan fingerprint density at radius 2 is 2.00 bits per heavy atom. The molecule has 0 bridgehead atoms. The molecule has 0 radical (unpaired) electrons. The van der Waals surface area contributed by atoms with E-state index in [2.05, 4.69) is 36.3 Å². The molecule has 3 aromatic rings. The van der Waals surface area contributed by atoms with Crippen molar-refractivity contribution in [1.82, 2.24) is 10.3 Å². The van der Waals surface area contributed by atoms with E-state index in [4.69, 9.17) is 0 Å². The maximum Gasteiger partial charge on any atom is 0.274 e. The molecule has 0 amide bonds. The quantitative estimate of drug-likeness (QED) is 0.555. The van der Waals surface area contributed by atoms with Gasteiger partial charge in [-0.15, -0.1) is 0 Å². The van der Waals surface area contributed by atoms with Crippen LogP contribution in [0.1, 0.15) is 34.0 Å². The van der Waals surface area contributed by atoms with E-state index in [9.17, 15) is 10.1 Å². The number of hydrogen-bond acceptors (Lipinski definition) is 3. The lowest BCUT2D eigenvalue weighted by molar-refractivity contribution is -0.385. The smallest absolute Gasteiger partial charge is 0.274 e. The number of benzene rings is 2. The molecule has 0 saturated heterocycles. The van der Waals surface area contributed by atoms with E-state index in [0.717, 1.165) is 24.2 Å². The Balaban J connectivity index is 1.95. The van der Waals surface area contributed by atoms with E-state index < -0.39 is 0 Å². The van der Waals surface area contributed by atoms with Gasteiger partial charge in [-0.25, -0.2) is 0 Å². The van der Waals surface area contributed by atoms with E-state index in [1.54, 1.807) is 12.1 Å². The minimum absolute atomic E-state index is 0.161. The van der Waals surface area contributed by atoms with Crippen LogP contribution in [0, 0.1) is 24.0 Å². The summed E-state index contributed by atoms with van der Waals surface area (Å²) in [5, 5.41) is 16.1. The minimum atomic E-state index is -0.302. The summed E-state index contributed by atoms with van der Waals surface area (Å²) < 4.78 is 0. The molecular weight excluding hydrogens is 302 g/mol. The van der Waals surface area contributed by atoms with Crippen molar-refractivity contribution in [3.8, 4) is 0 Å². The second-order valence-electron chi connectivity index (χ2n) is 6.47. The molecule has 24 heavy (non-hydrogen) atoms. The maximum absolute atomic E-state index is 11.4. The van der Waals surface area contributed by atoms with Crippen molar-refractivity contribution >= 4 is 16.6 Å². The van der Waals surface area contributed by atoms with Crippen LogP contribution in [-0.2, 0) is 6.42 Å². The number of H-pyrrole nitrogens is 1. The van der Waals surface area contributed by atoms with Crippen LogP contribution in [0.25, 0.3) is 10.9 Å². The molecule has 2 heterocycles. The first kappa shape index (κ1) is 14.9. The molecule has 1 aliphatic heterocycles. The molecule has 2 N–H and O–H groups in total. The summed E-state index contributed by atoms with van der Waals surface area (Å²) in [5.74, 6) is 0. The Morgan fingerprint density at radius 3 is 2.79 bits per heavy atom. The van der Waals surface area contributed by atoms with Gasteiger partial charge in [0, 0.05) is 29.2 Å². The predicted octanol–water partition coefficient (Wildman–Crippen LogP) is 3.93. The van der Waals surface area contributed by atoms with Gasteiger partial charge in [-0.05, 0) is 37.5 Å². The third kappa shape index (κ3) is 2.20. The zero-order chi connectivity index (χ0) is 16.8. The van der Waals surface area contributed by atoms with Gasteiger partial charge in [0.1, 0.15) is 0 Å². The number of hydrogen-bond donors (Lipinski definition) is 2. The Hall–Kier alpha value is -2.66. The fourth-order valence-corrected chi connectivity index (χ4v) is 3.85. The van der Waals surface area contributed by atoms with Crippen molar-refractivity contribution in [2.75, 3.05) is 6.54 Å². The fourth-order valence-electron chi connectivity index (χ4n) is 3.85. The average molecular weight is 321 g/mol. The Bertz CT molecular complexity index is 959. The first-order valence-electron chi connectivity index (χ1n) is 8.14. The molecule has 0 aliphatic carbocycles. The number of para-hydroxylation sites is 1. The van der Waals surface area contributed by atoms with Crippen molar-refractivity contribution < 1.29 is 4.92 Å². The maximum atomic E-state index is 11.4. The molecule has 5 nitrogen and oxygen atoms in total. The third-order valence-corrected chi connectivity index (χ3v) is 4.85. The molecule has 5 heteroatoms. The molecule has 0 spiro atoms. The number of nitro benzene ring substituents is 1. The summed E-state index contributed by atoms with van der Waals surface area (Å²) in [7, 11) is 0. The van der Waals surface area contributed by atoms with Crippen molar-refractivity contribution in [2.45, 2.75) is 26.3 Å². The van der Waals surface area contributed by atoms with E-state index >= 15 is 0 Å². The molecule has 122 valence electrons. The molecule has 1 atom stereocenters. The van der Waals surface area contributed by atoms with Gasteiger partial charge in [0.15, 0.2) is 0 Å². The number of aromatic amines is 1. The van der Waals surface area contributed by atoms with E-state index in [1.165, 1.54) is 22.1 Å². The Labute approximate surface area is 139 Å². The molecular formula is C19H19N3O2. The van der Waals surface area contributed by atoms with Crippen LogP contribution in [0.5, 0.6) is 0 Å². The summed E-state index contributed by atoms with van der Waals surface area (Å²) in [5.41, 5.74) is 6.79. The Morgan fingerprint density at radius 1 is 1.21 bits per heavy atom. The van der Waals surface area contributed by atoms with Gasteiger partial charge in [-0.2, -0.15) is 0 Å². The lowest BCUT2D eigenvalue weighted by Crippen LogP contribution is -2.30. The number of nitrogens with zero attached hydrogens (tertiary/aromatic N) is 1. The first-order chi connectivity index (χ1) is 11.6. The molecule has 1 aliphatic rings. The van der Waals surface area contributed by atoms with Crippen LogP contribution in [0.3, 0.4) is 0 Å². The van der Waals surface area contributed by atoms with Crippen molar-refractivity contribution in [2.24, 2.45) is 0 Å². The molecule has 2 aromatic carbocycles. The van der Waals surface area contributed by atoms with Gasteiger partial charge in [-0.3, -0.25) is 10.1 Å². The number of aryl methyl sites for hydroxylation is 2. The van der Waals surface area contributed by atoms with Gasteiger partial charge in [0.25, 0.3) is 5.69 Å². The normalized spacial score (nSPS) is 17.0. The van der Waals surface area contributed by atoms with E-state index in [0.29, 0.717) is 5.56 Å². The van der Waals surface area contributed by atoms with Crippen molar-refractivity contribution in [1.29, 1.82) is 0 Å². The molecule has 1 aromatic heterocycles. The standard InChI is InChI=1S/C19H19N3O2/c1-11-9-12(2)17-15(10-11)13-7-8-20-18(19(13)21-17)14-5-3-4-6-16(14)22(23)24/h3-6,9-10,18,20-21H,7-8H2,1-2H3. The van der Waals surface area contributed by atoms with Gasteiger partial charge in [-0.1, -0.05) is 29.8 Å². The molecule has 1 unspecified atom stereocenters. The second-order valence-corrected chi connectivity index (χ2v) is 6.47. The molecule has 4 rings (SSSR count). The fraction of sp³-hybridized carbons (Fsp3) is 0.263. The summed E-state index contributed by atoms with van der Waals surface area (Å²) in [6, 6.07) is 11.2. The second kappa shape index (κ2) is 5.46. The van der Waals surface area contributed by atoms with Gasteiger partial charge in [0.2, 0.25) is 0 Å². The van der Waals surface area contributed by atoms with Crippen LogP contribution < -0.4 is 5.32 Å². The molecule has 0 saturated carbocycles. The Kier molecular flexibility index (Phi) is 3.39. The number of aromatic nitrogens is 1. The summed E-state index contributed by atoms with van der Waals surface area (Å²) in [6.07, 6.45) is 0.926. The lowest BCUT2D eigenvalue weighted by Gasteiger charge is -2.24. The van der Waals surface area contributed by atoms with Crippen LogP contribution in [-0.4, -0.2) is 16.5 Å². The summed E-state index contributed by atoms with van der Waals surface area (Å²) in [6.45, 7) is 5.01. The molecule has 0 fully saturated rings. The largest absolute Gasteiger partial charge is 0.356 e. The van der Waals surface area contributed by atoms with Gasteiger partial charge < -0.3 is 10.3 Å². The topological polar surface area (TPSA) is 71.0 Å². The average Bonchev–Trinajstić information content (AvgIpc) is 2.94. The third-order valence-electron chi connectivity index (χ3n) is 4.85. The predicted molar refractivity (Wildman–Crippen MR) is 94.4 cm³/mol. The van der Waals surface area contributed by atoms with Crippen molar-refractivity contribution in [3.05, 3.63) is 74.5 Å². The number of nitro groups is 1. The zero-order valence-electron chi connectivity index (χ0n) is 13.7. The van der Waals surface area contributed by atoms with Gasteiger partial charge >= 0.3 is 0 Å². The number of fused-ring (bicyclic) bond motifs is 3. The summed E-state index contributed by atoms with van der Waals surface area (Å²) in [4.78, 5) is 14.7. The van der Waals surface area contributed by atoms with Crippen LogP contribution in [0.4, 0.5) is 5.69 Å². The lowest BCUT2D eigenvalue weighted by atomic mass is 9.93. The summed E-state index contributed by atoms with van der Waals surface area (Å²) >= 11 is 0. The minimum Gasteiger partial charge on any atom is -0.356 e. The highest BCUT2D eigenvalue weighted by atomic mass is 16.6.